The van der Waals surface area contributed by atoms with Crippen molar-refractivity contribution in [3.63, 3.8) is 0 Å². The van der Waals surface area contributed by atoms with Crippen molar-refractivity contribution in [3.05, 3.63) is 48.0 Å². The molecule has 7 nitrogen and oxygen atoms in total. The number of nitriles is 1. The Hall–Kier alpha value is -2.78. The van der Waals surface area contributed by atoms with Crippen LogP contribution in [0.3, 0.4) is 0 Å². The summed E-state index contributed by atoms with van der Waals surface area (Å²) >= 11 is 0. The Morgan fingerprint density at radius 2 is 1.68 bits per heavy atom. The van der Waals surface area contributed by atoms with Gasteiger partial charge in [0.2, 0.25) is 0 Å². The minimum atomic E-state index is -3.42. The summed E-state index contributed by atoms with van der Waals surface area (Å²) in [6.45, 7) is 9.35. The largest absolute Gasteiger partial charge is 0.494 e. The van der Waals surface area contributed by atoms with Crippen LogP contribution in [-0.4, -0.2) is 24.4 Å². The molecule has 31 heavy (non-hydrogen) atoms. The summed E-state index contributed by atoms with van der Waals surface area (Å²) in [6.07, 6.45) is 0. The van der Waals surface area contributed by atoms with E-state index in [1.807, 2.05) is 56.3 Å². The van der Waals surface area contributed by atoms with Gasteiger partial charge in [0, 0.05) is 23.7 Å². The Bertz CT molecular complexity index is 1120. The monoisotopic (exact) mass is 441 g/mol. The van der Waals surface area contributed by atoms with Gasteiger partial charge in [-0.3, -0.25) is 14.1 Å². The number of hydrogen-bond donors (Lipinski definition) is 1. The highest BCUT2D eigenvalue weighted by Crippen LogP contribution is 2.48. The number of aryl methyl sites for hydroxylation is 1. The van der Waals surface area contributed by atoms with Gasteiger partial charge in [-0.1, -0.05) is 12.1 Å². The Morgan fingerprint density at radius 1 is 1.00 bits per heavy atom. The molecule has 3 rings (SSSR count). The second kappa shape index (κ2) is 10.0. The molecule has 1 aromatic heterocycles. The quantitative estimate of drug-likeness (QED) is 0.378. The number of anilines is 1. The van der Waals surface area contributed by atoms with E-state index in [1.54, 1.807) is 13.8 Å². The molecule has 0 aliphatic heterocycles. The maximum absolute atomic E-state index is 12.7. The average molecular weight is 441 g/mol. The van der Waals surface area contributed by atoms with Crippen LogP contribution >= 0.6 is 7.75 Å². The summed E-state index contributed by atoms with van der Waals surface area (Å²) < 4.78 is 31.1. The third-order valence-corrected chi connectivity index (χ3v) is 6.53. The maximum atomic E-state index is 12.7. The molecule has 0 fully saturated rings. The highest BCUT2D eigenvalue weighted by molar-refractivity contribution is 7.55. The minimum Gasteiger partial charge on any atom is -0.494 e. The number of fused-ring (bicyclic) bond motifs is 1. The molecule has 0 amide bonds. The van der Waals surface area contributed by atoms with Gasteiger partial charge in [-0.25, -0.2) is 4.57 Å². The zero-order valence-corrected chi connectivity index (χ0v) is 19.2. The Morgan fingerprint density at radius 3 is 2.23 bits per heavy atom. The lowest BCUT2D eigenvalue weighted by molar-refractivity contribution is 0.225. The van der Waals surface area contributed by atoms with Crippen molar-refractivity contribution in [2.24, 2.45) is 0 Å². The Balaban J connectivity index is 2.03. The smallest absolute Gasteiger partial charge is 0.432 e. The second-order valence-corrected chi connectivity index (χ2v) is 8.45. The molecular formula is C23H28N3O4P. The third kappa shape index (κ3) is 4.77. The second-order valence-electron chi connectivity index (χ2n) is 6.71. The van der Waals surface area contributed by atoms with Gasteiger partial charge in [-0.05, 0) is 57.5 Å². The Kier molecular flexibility index (Phi) is 7.40. The van der Waals surface area contributed by atoms with Gasteiger partial charge in [0.1, 0.15) is 11.8 Å². The third-order valence-electron chi connectivity index (χ3n) is 4.80. The fourth-order valence-electron chi connectivity index (χ4n) is 3.63. The molecular weight excluding hydrogens is 413 g/mol. The van der Waals surface area contributed by atoms with Crippen LogP contribution in [0, 0.1) is 11.3 Å². The van der Waals surface area contributed by atoms with Crippen molar-refractivity contribution in [2.45, 2.75) is 34.2 Å². The normalized spacial score (nSPS) is 11.5. The highest BCUT2D eigenvalue weighted by Gasteiger charge is 2.24. The fraction of sp³-hybridized carbons (Fsp3) is 0.348. The number of nitrogens with zero attached hydrogens (tertiary/aromatic N) is 2. The highest BCUT2D eigenvalue weighted by atomic mass is 31.2. The number of hydrogen-bond acceptors (Lipinski definition) is 5. The predicted octanol–water partition coefficient (Wildman–Crippen LogP) is 6.19. The van der Waals surface area contributed by atoms with E-state index >= 15 is 0 Å². The van der Waals surface area contributed by atoms with Gasteiger partial charge in [0.25, 0.3) is 0 Å². The molecule has 0 saturated heterocycles. The van der Waals surface area contributed by atoms with Crippen molar-refractivity contribution in [2.75, 3.05) is 24.9 Å². The number of rotatable bonds is 10. The van der Waals surface area contributed by atoms with Gasteiger partial charge in [-0.15, -0.1) is 0 Å². The van der Waals surface area contributed by atoms with Crippen molar-refractivity contribution in [1.29, 1.82) is 5.26 Å². The van der Waals surface area contributed by atoms with E-state index < -0.39 is 7.75 Å². The summed E-state index contributed by atoms with van der Waals surface area (Å²) in [7, 11) is -3.42. The molecule has 0 saturated carbocycles. The first-order valence-corrected chi connectivity index (χ1v) is 12.0. The van der Waals surface area contributed by atoms with Crippen LogP contribution in [0.15, 0.2) is 42.5 Å². The first-order valence-electron chi connectivity index (χ1n) is 10.5. The first-order chi connectivity index (χ1) is 15.0. The van der Waals surface area contributed by atoms with Gasteiger partial charge in [0.05, 0.1) is 36.6 Å². The summed E-state index contributed by atoms with van der Waals surface area (Å²) in [6, 6.07) is 15.6. The molecule has 0 aliphatic carbocycles. The molecule has 164 valence electrons. The average Bonchev–Trinajstić information content (AvgIpc) is 3.07. The standard InChI is InChI=1S/C23H28N3O4P/c1-5-26-22-15-19(28-6-2)13-14-20(22)21(16-24)23(26)17-9-11-18(12-10-17)25-31(27,29-7-3)30-8-4/h9-15H,5-8H2,1-4H3,(H,25,27). The van der Waals surface area contributed by atoms with Gasteiger partial charge in [0.15, 0.2) is 0 Å². The van der Waals surface area contributed by atoms with Crippen LogP contribution in [-0.2, 0) is 20.2 Å². The lowest BCUT2D eigenvalue weighted by atomic mass is 10.1. The van der Waals surface area contributed by atoms with E-state index in [4.69, 9.17) is 13.8 Å². The van der Waals surface area contributed by atoms with Gasteiger partial charge < -0.3 is 9.30 Å². The molecule has 0 spiro atoms. The van der Waals surface area contributed by atoms with Crippen molar-refractivity contribution in [3.8, 4) is 23.1 Å². The molecule has 0 aliphatic rings. The van der Waals surface area contributed by atoms with E-state index in [1.165, 1.54) is 0 Å². The lowest BCUT2D eigenvalue weighted by Crippen LogP contribution is -2.05. The molecule has 0 bridgehead atoms. The van der Waals surface area contributed by atoms with Crippen LogP contribution in [0.4, 0.5) is 5.69 Å². The lowest BCUT2D eigenvalue weighted by Gasteiger charge is -2.18. The van der Waals surface area contributed by atoms with Crippen LogP contribution in [0.5, 0.6) is 5.75 Å². The molecule has 1 heterocycles. The number of ether oxygens (including phenoxy) is 1. The first kappa shape index (κ1) is 22.9. The maximum Gasteiger partial charge on any atom is 0.432 e. The Labute approximate surface area is 183 Å². The zero-order chi connectivity index (χ0) is 22.4. The summed E-state index contributed by atoms with van der Waals surface area (Å²) in [5.74, 6) is 0.778. The molecule has 0 radical (unpaired) electrons. The number of benzene rings is 2. The van der Waals surface area contributed by atoms with Crippen LogP contribution in [0.2, 0.25) is 0 Å². The predicted molar refractivity (Wildman–Crippen MR) is 123 cm³/mol. The van der Waals surface area contributed by atoms with E-state index in [-0.39, 0.29) is 13.2 Å². The molecule has 1 N–H and O–H groups in total. The van der Waals surface area contributed by atoms with Crippen LogP contribution in [0.25, 0.3) is 22.2 Å². The molecule has 0 atom stereocenters. The molecule has 3 aromatic rings. The van der Waals surface area contributed by atoms with E-state index in [0.717, 1.165) is 27.9 Å². The minimum absolute atomic E-state index is 0.272. The van der Waals surface area contributed by atoms with Crippen LogP contribution < -0.4 is 9.82 Å². The van der Waals surface area contributed by atoms with E-state index in [2.05, 4.69) is 15.7 Å². The van der Waals surface area contributed by atoms with E-state index in [0.29, 0.717) is 24.4 Å². The fourth-order valence-corrected chi connectivity index (χ4v) is 4.98. The number of aromatic nitrogens is 1. The van der Waals surface area contributed by atoms with Crippen molar-refractivity contribution in [1.82, 2.24) is 4.57 Å². The molecule has 8 heteroatoms. The number of nitrogens with one attached hydrogen (secondary N) is 1. The molecule has 0 unspecified atom stereocenters. The zero-order valence-electron chi connectivity index (χ0n) is 18.3. The summed E-state index contributed by atoms with van der Waals surface area (Å²) in [5.41, 5.74) is 3.93. The molecule has 2 aromatic carbocycles. The van der Waals surface area contributed by atoms with Gasteiger partial charge in [-0.2, -0.15) is 5.26 Å². The van der Waals surface area contributed by atoms with Gasteiger partial charge >= 0.3 is 7.75 Å². The van der Waals surface area contributed by atoms with Crippen LogP contribution in [0.1, 0.15) is 33.3 Å². The van der Waals surface area contributed by atoms with Crippen molar-refractivity contribution < 1.29 is 18.3 Å². The topological polar surface area (TPSA) is 85.5 Å². The summed E-state index contributed by atoms with van der Waals surface area (Å²) in [4.78, 5) is 0. The SMILES string of the molecule is CCOc1ccc2c(C#N)c(-c3ccc(NP(=O)(OCC)OCC)cc3)n(CC)c2c1. The van der Waals surface area contributed by atoms with Crippen molar-refractivity contribution >= 4 is 24.3 Å². The van der Waals surface area contributed by atoms with E-state index in [9.17, 15) is 9.83 Å². The summed E-state index contributed by atoms with van der Waals surface area (Å²) in [5, 5.41) is 13.7.